The van der Waals surface area contributed by atoms with Crippen LogP contribution >= 0.6 is 0 Å². The van der Waals surface area contributed by atoms with E-state index in [1.807, 2.05) is 24.3 Å². The second-order valence-electron chi connectivity index (χ2n) is 10.6. The van der Waals surface area contributed by atoms with E-state index in [0.717, 1.165) is 55.2 Å². The number of amides is 2. The molecular weight excluding hydrogens is 388 g/mol. The number of carbonyl (C=O) groups excluding carboxylic acids is 1. The van der Waals surface area contributed by atoms with Gasteiger partial charge in [-0.05, 0) is 88.4 Å². The number of ether oxygens (including phenoxy) is 1. The van der Waals surface area contributed by atoms with E-state index in [1.165, 1.54) is 58.3 Å². The highest BCUT2D eigenvalue weighted by molar-refractivity contribution is 5.90. The summed E-state index contributed by atoms with van der Waals surface area (Å²) in [5, 5.41) is 6.39. The van der Waals surface area contributed by atoms with E-state index in [2.05, 4.69) is 27.5 Å². The molecule has 6 heteroatoms. The Labute approximate surface area is 186 Å². The van der Waals surface area contributed by atoms with Crippen molar-refractivity contribution in [2.45, 2.75) is 50.5 Å². The molecule has 170 valence electrons. The Morgan fingerprint density at radius 3 is 2.61 bits per heavy atom. The highest BCUT2D eigenvalue weighted by Gasteiger charge is 2.56. The first-order valence-electron chi connectivity index (χ1n) is 12.3. The maximum Gasteiger partial charge on any atom is 0.319 e. The third kappa shape index (κ3) is 5.01. The average molecular weight is 427 g/mol. The number of hydrogen-bond acceptors (Lipinski definition) is 4. The van der Waals surface area contributed by atoms with Crippen molar-refractivity contribution >= 4 is 11.7 Å². The van der Waals surface area contributed by atoms with Gasteiger partial charge in [0.25, 0.3) is 0 Å². The van der Waals surface area contributed by atoms with Crippen LogP contribution < -0.4 is 15.4 Å². The Kier molecular flexibility index (Phi) is 6.11. The fourth-order valence-corrected chi connectivity index (χ4v) is 6.73. The zero-order chi connectivity index (χ0) is 21.3. The van der Waals surface area contributed by atoms with Gasteiger partial charge in [0, 0.05) is 43.5 Å². The molecular formula is C25H38N4O2. The minimum Gasteiger partial charge on any atom is -0.494 e. The largest absolute Gasteiger partial charge is 0.494 e. The summed E-state index contributed by atoms with van der Waals surface area (Å²) in [6.45, 7) is 6.58. The third-order valence-corrected chi connectivity index (χ3v) is 8.13. The van der Waals surface area contributed by atoms with Gasteiger partial charge in [0.15, 0.2) is 0 Å². The first-order chi connectivity index (χ1) is 15.1. The summed E-state index contributed by atoms with van der Waals surface area (Å²) in [6, 6.07) is 7.74. The predicted molar refractivity (Wildman–Crippen MR) is 124 cm³/mol. The van der Waals surface area contributed by atoms with Crippen LogP contribution in [0.15, 0.2) is 24.3 Å². The number of benzene rings is 1. The lowest BCUT2D eigenvalue weighted by molar-refractivity contribution is 0.150. The van der Waals surface area contributed by atoms with Gasteiger partial charge in [-0.15, -0.1) is 0 Å². The SMILES string of the molecule is CN1CCN(CCCCOc2cccc(NC(=O)NC34CC5CC(C3)C(C5)C4)c2)CC1. The molecule has 6 rings (SSSR count). The number of hydrogen-bond donors (Lipinski definition) is 2. The Hall–Kier alpha value is -1.79. The van der Waals surface area contributed by atoms with Gasteiger partial charge in [0.2, 0.25) is 0 Å². The van der Waals surface area contributed by atoms with Crippen LogP contribution in [0.4, 0.5) is 10.5 Å². The van der Waals surface area contributed by atoms with Gasteiger partial charge in [-0.3, -0.25) is 0 Å². The molecule has 5 aliphatic rings. The molecule has 2 atom stereocenters. The number of nitrogens with zero attached hydrogens (tertiary/aromatic N) is 2. The van der Waals surface area contributed by atoms with Crippen molar-refractivity contribution in [3.8, 4) is 5.75 Å². The fourth-order valence-electron chi connectivity index (χ4n) is 6.73. The van der Waals surface area contributed by atoms with Crippen LogP contribution in [0.1, 0.15) is 44.9 Å². The van der Waals surface area contributed by atoms with Crippen molar-refractivity contribution in [2.24, 2.45) is 17.8 Å². The lowest BCUT2D eigenvalue weighted by Gasteiger charge is -2.39. The minimum absolute atomic E-state index is 0.0540. The Morgan fingerprint density at radius 1 is 1.10 bits per heavy atom. The van der Waals surface area contributed by atoms with E-state index in [0.29, 0.717) is 0 Å². The van der Waals surface area contributed by atoms with E-state index in [-0.39, 0.29) is 11.6 Å². The first-order valence-corrected chi connectivity index (χ1v) is 12.3. The molecule has 0 aromatic heterocycles. The summed E-state index contributed by atoms with van der Waals surface area (Å²) in [4.78, 5) is 17.6. The molecule has 0 radical (unpaired) electrons. The molecule has 2 amide bonds. The molecule has 1 heterocycles. The molecule has 4 aliphatic carbocycles. The van der Waals surface area contributed by atoms with E-state index in [9.17, 15) is 4.79 Å². The average Bonchev–Trinajstić information content (AvgIpc) is 3.15. The monoisotopic (exact) mass is 426 g/mol. The van der Waals surface area contributed by atoms with Gasteiger partial charge in [-0.1, -0.05) is 6.07 Å². The van der Waals surface area contributed by atoms with Crippen LogP contribution in [0.3, 0.4) is 0 Å². The maximum absolute atomic E-state index is 12.7. The van der Waals surface area contributed by atoms with Gasteiger partial charge in [0.05, 0.1) is 6.61 Å². The summed E-state index contributed by atoms with van der Waals surface area (Å²) in [5.41, 5.74) is 0.859. The standard InChI is InChI=1S/C25H38N4O2/c1-28-8-10-29(11-9-28)7-2-3-12-31-23-6-4-5-22(15-23)26-24(30)27-25-16-19-13-20(17-25)21(14-19)18-25/h4-6,15,19-21H,2-3,7-14,16-18H2,1H3,(H2,26,27,30). The number of unbranched alkanes of at least 4 members (excludes halogenated alkanes) is 1. The molecule has 6 nitrogen and oxygen atoms in total. The topological polar surface area (TPSA) is 56.8 Å². The van der Waals surface area contributed by atoms with Crippen LogP contribution in [-0.2, 0) is 0 Å². The molecule has 1 aliphatic heterocycles. The lowest BCUT2D eigenvalue weighted by atomic mass is 9.76. The van der Waals surface area contributed by atoms with E-state index >= 15 is 0 Å². The normalized spacial score (nSPS) is 32.4. The van der Waals surface area contributed by atoms with Crippen molar-refractivity contribution in [3.63, 3.8) is 0 Å². The second-order valence-corrected chi connectivity index (χ2v) is 10.6. The number of carbonyl (C=O) groups is 1. The van der Waals surface area contributed by atoms with Crippen LogP contribution in [0.25, 0.3) is 0 Å². The molecule has 2 N–H and O–H groups in total. The molecule has 4 bridgehead atoms. The van der Waals surface area contributed by atoms with Crippen molar-refractivity contribution in [1.82, 2.24) is 15.1 Å². The highest BCUT2D eigenvalue weighted by atomic mass is 16.5. The Morgan fingerprint density at radius 2 is 1.87 bits per heavy atom. The number of rotatable bonds is 8. The Balaban J connectivity index is 1.03. The van der Waals surface area contributed by atoms with Gasteiger partial charge in [0.1, 0.15) is 5.75 Å². The molecule has 1 saturated heterocycles. The minimum atomic E-state index is -0.0636. The summed E-state index contributed by atoms with van der Waals surface area (Å²) in [5.74, 6) is 3.38. The first kappa shape index (κ1) is 21.1. The van der Waals surface area contributed by atoms with Crippen molar-refractivity contribution < 1.29 is 9.53 Å². The van der Waals surface area contributed by atoms with Crippen LogP contribution in [0, 0.1) is 17.8 Å². The van der Waals surface area contributed by atoms with E-state index in [1.54, 1.807) is 0 Å². The Bertz CT molecular complexity index is 757. The zero-order valence-electron chi connectivity index (χ0n) is 18.9. The quantitative estimate of drug-likeness (QED) is 0.621. The number of urea groups is 1. The smallest absolute Gasteiger partial charge is 0.319 e. The summed E-state index contributed by atoms with van der Waals surface area (Å²) < 4.78 is 5.95. The number of anilines is 1. The molecule has 4 saturated carbocycles. The van der Waals surface area contributed by atoms with E-state index in [4.69, 9.17) is 4.74 Å². The number of nitrogens with one attached hydrogen (secondary N) is 2. The van der Waals surface area contributed by atoms with Crippen LogP contribution in [0.2, 0.25) is 0 Å². The molecule has 0 spiro atoms. The maximum atomic E-state index is 12.7. The summed E-state index contributed by atoms with van der Waals surface area (Å²) in [7, 11) is 2.19. The van der Waals surface area contributed by atoms with Gasteiger partial charge >= 0.3 is 6.03 Å². The fraction of sp³-hybridized carbons (Fsp3) is 0.720. The van der Waals surface area contributed by atoms with E-state index < -0.39 is 0 Å². The van der Waals surface area contributed by atoms with Crippen LogP contribution in [0.5, 0.6) is 5.75 Å². The van der Waals surface area contributed by atoms with Crippen molar-refractivity contribution in [1.29, 1.82) is 0 Å². The number of piperazine rings is 1. The van der Waals surface area contributed by atoms with Gasteiger partial charge in [-0.2, -0.15) is 0 Å². The zero-order valence-corrected chi connectivity index (χ0v) is 18.9. The van der Waals surface area contributed by atoms with Crippen molar-refractivity contribution in [2.75, 3.05) is 51.7 Å². The summed E-state index contributed by atoms with van der Waals surface area (Å²) in [6.07, 6.45) is 8.53. The second kappa shape index (κ2) is 8.99. The van der Waals surface area contributed by atoms with Crippen LogP contribution in [-0.4, -0.2) is 67.7 Å². The lowest BCUT2D eigenvalue weighted by Crippen LogP contribution is -2.51. The number of likely N-dealkylation sites (N-methyl/N-ethyl adjacent to an activating group) is 1. The highest BCUT2D eigenvalue weighted by Crippen LogP contribution is 2.59. The van der Waals surface area contributed by atoms with Gasteiger partial charge in [-0.25, -0.2) is 4.79 Å². The molecule has 5 fully saturated rings. The molecule has 1 aromatic rings. The summed E-state index contributed by atoms with van der Waals surface area (Å²) >= 11 is 0. The van der Waals surface area contributed by atoms with Crippen molar-refractivity contribution in [3.05, 3.63) is 24.3 Å². The molecule has 31 heavy (non-hydrogen) atoms. The molecule has 1 aromatic carbocycles. The molecule has 2 unspecified atom stereocenters. The predicted octanol–water partition coefficient (Wildman–Crippen LogP) is 3.79. The van der Waals surface area contributed by atoms with Gasteiger partial charge < -0.3 is 25.2 Å². The third-order valence-electron chi connectivity index (χ3n) is 8.13.